The lowest BCUT2D eigenvalue weighted by atomic mass is 10.0. The number of hydrogen-bond acceptors (Lipinski definition) is 6. The molecule has 0 saturated carbocycles. The normalized spacial score (nSPS) is 13.3. The zero-order chi connectivity index (χ0) is 22.2. The maximum absolute atomic E-state index is 13.0. The van der Waals surface area contributed by atoms with E-state index in [-0.39, 0.29) is 25.1 Å². The molecule has 0 aliphatic rings. The average Bonchev–Trinajstić information content (AvgIpc) is 2.71. The van der Waals surface area contributed by atoms with Crippen molar-refractivity contribution < 1.29 is 27.9 Å². The molecule has 1 aromatic rings. The number of esters is 1. The predicted octanol–water partition coefficient (Wildman–Crippen LogP) is 6.11. The zero-order valence-corrected chi connectivity index (χ0v) is 19.7. The summed E-state index contributed by atoms with van der Waals surface area (Å²) in [5.41, 5.74) is 1.18. The van der Waals surface area contributed by atoms with E-state index in [1.54, 1.807) is 26.8 Å². The summed E-state index contributed by atoms with van der Waals surface area (Å²) in [6.45, 7) is 9.24. The molecular formula is C23H37O6P. The number of rotatable bonds is 16. The molecule has 1 aromatic carbocycles. The largest absolute Gasteiger partial charge is 0.462 e. The molecular weight excluding hydrogens is 403 g/mol. The predicted molar refractivity (Wildman–Crippen MR) is 119 cm³/mol. The summed E-state index contributed by atoms with van der Waals surface area (Å²) < 4.78 is 34.5. The van der Waals surface area contributed by atoms with Crippen molar-refractivity contribution in [2.45, 2.75) is 60.0 Å². The van der Waals surface area contributed by atoms with Gasteiger partial charge in [0, 0.05) is 6.61 Å². The van der Waals surface area contributed by atoms with Crippen molar-refractivity contribution in [3.63, 3.8) is 0 Å². The highest BCUT2D eigenvalue weighted by molar-refractivity contribution is 7.59. The minimum absolute atomic E-state index is 0.00675. The van der Waals surface area contributed by atoms with Gasteiger partial charge in [0.15, 0.2) is 0 Å². The summed E-state index contributed by atoms with van der Waals surface area (Å²) in [6, 6.07) is 10.1. The number of allylic oxidation sites excluding steroid dienone is 1. The number of carbonyl (C=O) groups is 1. The van der Waals surface area contributed by atoms with Gasteiger partial charge in [-0.25, -0.2) is 4.79 Å². The Morgan fingerprint density at radius 2 is 1.70 bits per heavy atom. The number of ether oxygens (including phenoxy) is 2. The molecule has 0 aromatic heterocycles. The fourth-order valence-electron chi connectivity index (χ4n) is 2.94. The summed E-state index contributed by atoms with van der Waals surface area (Å²) in [5.74, 6) is -0.189. The second-order valence-corrected chi connectivity index (χ2v) is 9.03. The highest BCUT2D eigenvalue weighted by Gasteiger charge is 2.35. The van der Waals surface area contributed by atoms with Crippen LogP contribution in [-0.4, -0.2) is 32.4 Å². The van der Waals surface area contributed by atoms with Gasteiger partial charge < -0.3 is 18.5 Å². The summed E-state index contributed by atoms with van der Waals surface area (Å²) in [4.78, 5) is 12.3. The lowest BCUT2D eigenvalue weighted by Crippen LogP contribution is -2.11. The SMILES string of the molecule is CCOC(=O)/C(=C\CCCC[C@@H](C)COCc1ccccc1)P(=O)(OCC)OCC. The fraction of sp³-hybridized carbons (Fsp3) is 0.609. The molecule has 0 unspecified atom stereocenters. The molecule has 0 spiro atoms. The van der Waals surface area contributed by atoms with E-state index in [1.807, 2.05) is 18.2 Å². The molecule has 0 N–H and O–H groups in total. The van der Waals surface area contributed by atoms with Crippen LogP contribution < -0.4 is 0 Å². The molecule has 0 heterocycles. The van der Waals surface area contributed by atoms with Gasteiger partial charge in [-0.3, -0.25) is 4.57 Å². The minimum atomic E-state index is -3.66. The first kappa shape index (κ1) is 26.6. The van der Waals surface area contributed by atoms with E-state index < -0.39 is 13.6 Å². The molecule has 6 nitrogen and oxygen atoms in total. The van der Waals surface area contributed by atoms with E-state index in [2.05, 4.69) is 19.1 Å². The van der Waals surface area contributed by atoms with Crippen LogP contribution >= 0.6 is 7.60 Å². The summed E-state index contributed by atoms with van der Waals surface area (Å²) in [6.07, 6.45) is 5.13. The molecule has 0 amide bonds. The van der Waals surface area contributed by atoms with Crippen LogP contribution in [0.15, 0.2) is 41.7 Å². The quantitative estimate of drug-likeness (QED) is 0.134. The van der Waals surface area contributed by atoms with Gasteiger partial charge >= 0.3 is 13.6 Å². The van der Waals surface area contributed by atoms with E-state index in [1.165, 1.54) is 5.56 Å². The topological polar surface area (TPSA) is 71.1 Å². The van der Waals surface area contributed by atoms with Crippen molar-refractivity contribution in [2.75, 3.05) is 26.4 Å². The number of benzene rings is 1. The molecule has 1 rings (SSSR count). The number of unbranched alkanes of at least 4 members (excludes halogenated alkanes) is 2. The number of hydrogen-bond donors (Lipinski definition) is 0. The number of carbonyl (C=O) groups excluding carboxylic acids is 1. The van der Waals surface area contributed by atoms with Crippen LogP contribution in [0.2, 0.25) is 0 Å². The van der Waals surface area contributed by atoms with Crippen LogP contribution in [0.5, 0.6) is 0 Å². The minimum Gasteiger partial charge on any atom is -0.462 e. The Balaban J connectivity index is 2.47. The Kier molecular flexibility index (Phi) is 13.6. The first-order chi connectivity index (χ1) is 14.5. The van der Waals surface area contributed by atoms with E-state index >= 15 is 0 Å². The molecule has 0 bridgehead atoms. The molecule has 0 radical (unpaired) electrons. The smallest absolute Gasteiger partial charge is 0.368 e. The second-order valence-electron chi connectivity index (χ2n) is 7.03. The van der Waals surface area contributed by atoms with Crippen molar-refractivity contribution in [3.8, 4) is 0 Å². The Hall–Kier alpha value is -1.46. The lowest BCUT2D eigenvalue weighted by Gasteiger charge is -2.19. The van der Waals surface area contributed by atoms with E-state index in [0.29, 0.717) is 25.6 Å². The molecule has 0 saturated heterocycles. The first-order valence-corrected chi connectivity index (χ1v) is 12.4. The van der Waals surface area contributed by atoms with E-state index in [9.17, 15) is 9.36 Å². The Labute approximate surface area is 181 Å². The van der Waals surface area contributed by atoms with Gasteiger partial charge in [-0.1, -0.05) is 49.8 Å². The molecule has 0 aliphatic heterocycles. The maximum Gasteiger partial charge on any atom is 0.368 e. The molecule has 170 valence electrons. The highest BCUT2D eigenvalue weighted by atomic mass is 31.2. The molecule has 7 heteroatoms. The van der Waals surface area contributed by atoms with Crippen LogP contribution in [0.4, 0.5) is 0 Å². The van der Waals surface area contributed by atoms with Crippen LogP contribution in [0, 0.1) is 5.92 Å². The fourth-order valence-corrected chi connectivity index (χ4v) is 4.61. The van der Waals surface area contributed by atoms with Gasteiger partial charge in [0.05, 0.1) is 26.4 Å². The van der Waals surface area contributed by atoms with Crippen molar-refractivity contribution >= 4 is 13.6 Å². The van der Waals surface area contributed by atoms with Crippen molar-refractivity contribution in [2.24, 2.45) is 5.92 Å². The third kappa shape index (κ3) is 10.0. The standard InChI is InChI=1S/C23H37O6P/c1-5-27-23(24)22(30(25,28-6-2)29-7-3)17-13-8-10-14-20(4)18-26-19-21-15-11-9-12-16-21/h9,11-12,15-17,20H,5-8,10,13-14,18-19H2,1-4H3/b22-17+/t20-/m1/s1. The van der Waals surface area contributed by atoms with E-state index in [0.717, 1.165) is 19.3 Å². The van der Waals surface area contributed by atoms with Crippen LogP contribution in [-0.2, 0) is 34.5 Å². The van der Waals surface area contributed by atoms with Gasteiger partial charge in [-0.2, -0.15) is 0 Å². The van der Waals surface area contributed by atoms with Crippen LogP contribution in [0.3, 0.4) is 0 Å². The van der Waals surface area contributed by atoms with Gasteiger partial charge in [0.2, 0.25) is 0 Å². The van der Waals surface area contributed by atoms with Crippen molar-refractivity contribution in [1.82, 2.24) is 0 Å². The Morgan fingerprint density at radius 1 is 1.03 bits per heavy atom. The third-order valence-corrected chi connectivity index (χ3v) is 6.53. The summed E-state index contributed by atoms with van der Waals surface area (Å²) >= 11 is 0. The van der Waals surface area contributed by atoms with Gasteiger partial charge in [0.25, 0.3) is 0 Å². The van der Waals surface area contributed by atoms with Crippen molar-refractivity contribution in [3.05, 3.63) is 47.3 Å². The zero-order valence-electron chi connectivity index (χ0n) is 18.8. The third-order valence-electron chi connectivity index (χ3n) is 4.38. The van der Waals surface area contributed by atoms with Gasteiger partial charge in [-0.15, -0.1) is 0 Å². The molecule has 0 aliphatic carbocycles. The van der Waals surface area contributed by atoms with Gasteiger partial charge in [0.1, 0.15) is 5.31 Å². The summed E-state index contributed by atoms with van der Waals surface area (Å²) in [7, 11) is -3.66. The molecule has 30 heavy (non-hydrogen) atoms. The molecule has 0 fully saturated rings. The average molecular weight is 441 g/mol. The summed E-state index contributed by atoms with van der Waals surface area (Å²) in [5, 5.41) is 0.00675. The highest BCUT2D eigenvalue weighted by Crippen LogP contribution is 2.56. The monoisotopic (exact) mass is 440 g/mol. The van der Waals surface area contributed by atoms with Gasteiger partial charge in [-0.05, 0) is 51.5 Å². The van der Waals surface area contributed by atoms with Crippen LogP contribution in [0.25, 0.3) is 0 Å². The van der Waals surface area contributed by atoms with Crippen molar-refractivity contribution in [1.29, 1.82) is 0 Å². The Morgan fingerprint density at radius 3 is 2.30 bits per heavy atom. The Bertz CT molecular complexity index is 664. The maximum atomic E-state index is 13.0. The second kappa shape index (κ2) is 15.4. The lowest BCUT2D eigenvalue weighted by molar-refractivity contribution is -0.137. The van der Waals surface area contributed by atoms with Crippen LogP contribution in [0.1, 0.15) is 58.9 Å². The molecule has 1 atom stereocenters. The first-order valence-electron chi connectivity index (χ1n) is 10.8. The van der Waals surface area contributed by atoms with E-state index in [4.69, 9.17) is 18.5 Å².